The molecule has 2 rings (SSSR count). The van der Waals surface area contributed by atoms with E-state index in [-0.39, 0.29) is 17.9 Å². The summed E-state index contributed by atoms with van der Waals surface area (Å²) in [5, 5.41) is 7.98. The second-order valence-corrected chi connectivity index (χ2v) is 5.05. The summed E-state index contributed by atoms with van der Waals surface area (Å²) in [6.07, 6.45) is 0.957. The van der Waals surface area contributed by atoms with Crippen LogP contribution in [0.15, 0.2) is 11.4 Å². The molecule has 1 fully saturated rings. The van der Waals surface area contributed by atoms with E-state index in [9.17, 15) is 9.59 Å². The highest BCUT2D eigenvalue weighted by atomic mass is 35.5. The molecule has 0 aliphatic carbocycles. The van der Waals surface area contributed by atoms with Crippen molar-refractivity contribution in [1.82, 2.24) is 10.6 Å². The van der Waals surface area contributed by atoms with E-state index in [1.54, 1.807) is 11.3 Å². The van der Waals surface area contributed by atoms with Gasteiger partial charge in [0.1, 0.15) is 0 Å². The molecule has 0 spiro atoms. The molecule has 1 atom stereocenters. The molecule has 1 saturated heterocycles. The van der Waals surface area contributed by atoms with Crippen molar-refractivity contribution < 1.29 is 9.59 Å². The summed E-state index contributed by atoms with van der Waals surface area (Å²) < 4.78 is 0. The van der Waals surface area contributed by atoms with E-state index in [1.807, 2.05) is 11.4 Å². The van der Waals surface area contributed by atoms with Crippen LogP contribution in [0.5, 0.6) is 0 Å². The number of nitrogens with one attached hydrogen (secondary N) is 2. The normalized spacial score (nSPS) is 20.9. The number of imide groups is 1. The fourth-order valence-electron chi connectivity index (χ4n) is 1.56. The van der Waals surface area contributed by atoms with Crippen molar-refractivity contribution in [2.24, 2.45) is 0 Å². The molecule has 1 aliphatic rings. The van der Waals surface area contributed by atoms with Crippen LogP contribution in [-0.4, -0.2) is 17.9 Å². The van der Waals surface area contributed by atoms with Crippen LogP contribution < -0.4 is 10.6 Å². The molecule has 86 valence electrons. The molecule has 2 N–H and O–H groups in total. The minimum Gasteiger partial charge on any atom is -0.301 e. The molecule has 2 amide bonds. The lowest BCUT2D eigenvalue weighted by Crippen LogP contribution is -2.50. The molecule has 0 radical (unpaired) electrons. The highest BCUT2D eigenvalue weighted by Crippen LogP contribution is 2.19. The standard InChI is InChI=1S/C10H11ClN2O2S/c11-6-3-7(16-5-6)4-12-8-1-2-9(14)13-10(8)15/h3,5,8,12H,1-2,4H2,(H,13,14,15). The first-order chi connectivity index (χ1) is 7.65. The van der Waals surface area contributed by atoms with E-state index in [2.05, 4.69) is 10.6 Å². The van der Waals surface area contributed by atoms with Crippen molar-refractivity contribution in [3.8, 4) is 0 Å². The second-order valence-electron chi connectivity index (χ2n) is 3.62. The van der Waals surface area contributed by atoms with Crippen LogP contribution in [0.25, 0.3) is 0 Å². The van der Waals surface area contributed by atoms with Crippen molar-refractivity contribution >= 4 is 34.8 Å². The Bertz CT molecular complexity index is 419. The van der Waals surface area contributed by atoms with Gasteiger partial charge in [-0.05, 0) is 12.5 Å². The van der Waals surface area contributed by atoms with E-state index >= 15 is 0 Å². The quantitative estimate of drug-likeness (QED) is 0.804. The molecule has 16 heavy (non-hydrogen) atoms. The number of thiophene rings is 1. The fraction of sp³-hybridized carbons (Fsp3) is 0.400. The maximum atomic E-state index is 11.4. The summed E-state index contributed by atoms with van der Waals surface area (Å²) in [4.78, 5) is 23.4. The lowest BCUT2D eigenvalue weighted by Gasteiger charge is -2.21. The van der Waals surface area contributed by atoms with Crippen molar-refractivity contribution in [3.63, 3.8) is 0 Å². The minimum absolute atomic E-state index is 0.192. The molecule has 0 aromatic carbocycles. The van der Waals surface area contributed by atoms with Crippen molar-refractivity contribution in [3.05, 3.63) is 21.3 Å². The fourth-order valence-corrected chi connectivity index (χ4v) is 2.58. The van der Waals surface area contributed by atoms with Gasteiger partial charge >= 0.3 is 0 Å². The number of piperidine rings is 1. The molecule has 6 heteroatoms. The zero-order chi connectivity index (χ0) is 11.5. The van der Waals surface area contributed by atoms with Crippen LogP contribution in [0.2, 0.25) is 5.02 Å². The maximum Gasteiger partial charge on any atom is 0.243 e. The van der Waals surface area contributed by atoms with Crippen LogP contribution >= 0.6 is 22.9 Å². The average molecular weight is 259 g/mol. The Kier molecular flexibility index (Phi) is 3.58. The number of rotatable bonds is 3. The predicted octanol–water partition coefficient (Wildman–Crippen LogP) is 1.30. The van der Waals surface area contributed by atoms with Crippen molar-refractivity contribution in [2.45, 2.75) is 25.4 Å². The van der Waals surface area contributed by atoms with Crippen molar-refractivity contribution in [1.29, 1.82) is 0 Å². The van der Waals surface area contributed by atoms with Gasteiger partial charge in [0.15, 0.2) is 0 Å². The summed E-state index contributed by atoms with van der Waals surface area (Å²) in [6, 6.07) is 1.59. The number of amides is 2. The SMILES string of the molecule is O=C1CCC(NCc2cc(Cl)cs2)C(=O)N1. The molecule has 1 aromatic rings. The average Bonchev–Trinajstić information content (AvgIpc) is 2.63. The van der Waals surface area contributed by atoms with Crippen LogP contribution in [0.4, 0.5) is 0 Å². The van der Waals surface area contributed by atoms with E-state index < -0.39 is 0 Å². The molecule has 1 aliphatic heterocycles. The molecular formula is C10H11ClN2O2S. The summed E-state index contributed by atoms with van der Waals surface area (Å²) in [5.74, 6) is -0.430. The molecule has 1 aromatic heterocycles. The highest BCUT2D eigenvalue weighted by molar-refractivity contribution is 7.10. The van der Waals surface area contributed by atoms with Gasteiger partial charge in [0.25, 0.3) is 0 Å². The predicted molar refractivity (Wildman–Crippen MR) is 62.3 cm³/mol. The zero-order valence-electron chi connectivity index (χ0n) is 8.46. The minimum atomic E-state index is -0.279. The molecular weight excluding hydrogens is 248 g/mol. The first kappa shape index (κ1) is 11.6. The number of carbonyl (C=O) groups excluding carboxylic acids is 2. The Morgan fingerprint density at radius 2 is 2.38 bits per heavy atom. The molecule has 1 unspecified atom stereocenters. The van der Waals surface area contributed by atoms with Gasteiger partial charge in [0, 0.05) is 23.2 Å². The summed E-state index contributed by atoms with van der Waals surface area (Å²) in [6.45, 7) is 0.601. The second kappa shape index (κ2) is 4.95. The summed E-state index contributed by atoms with van der Waals surface area (Å²) in [7, 11) is 0. The summed E-state index contributed by atoms with van der Waals surface area (Å²) in [5.41, 5.74) is 0. The van der Waals surface area contributed by atoms with E-state index in [1.165, 1.54) is 0 Å². The van der Waals surface area contributed by atoms with Crippen LogP contribution in [-0.2, 0) is 16.1 Å². The lowest BCUT2D eigenvalue weighted by molar-refractivity contribution is -0.134. The lowest BCUT2D eigenvalue weighted by atomic mass is 10.1. The van der Waals surface area contributed by atoms with Crippen LogP contribution in [0, 0.1) is 0 Å². The third-order valence-electron chi connectivity index (χ3n) is 2.38. The van der Waals surface area contributed by atoms with Gasteiger partial charge in [-0.15, -0.1) is 11.3 Å². The molecule has 0 bridgehead atoms. The zero-order valence-corrected chi connectivity index (χ0v) is 10.0. The Labute approximate surface area is 102 Å². The Hall–Kier alpha value is -0.910. The third kappa shape index (κ3) is 2.81. The molecule has 2 heterocycles. The topological polar surface area (TPSA) is 58.2 Å². The van der Waals surface area contributed by atoms with Gasteiger partial charge in [-0.25, -0.2) is 0 Å². The van der Waals surface area contributed by atoms with Crippen LogP contribution in [0.1, 0.15) is 17.7 Å². The van der Waals surface area contributed by atoms with Gasteiger partial charge in [-0.3, -0.25) is 14.9 Å². The highest BCUT2D eigenvalue weighted by Gasteiger charge is 2.25. The summed E-state index contributed by atoms with van der Waals surface area (Å²) >= 11 is 7.34. The van der Waals surface area contributed by atoms with E-state index in [0.717, 1.165) is 4.88 Å². The van der Waals surface area contributed by atoms with Crippen molar-refractivity contribution in [2.75, 3.05) is 0 Å². The smallest absolute Gasteiger partial charge is 0.243 e. The molecule has 4 nitrogen and oxygen atoms in total. The first-order valence-electron chi connectivity index (χ1n) is 4.95. The number of hydrogen-bond donors (Lipinski definition) is 2. The van der Waals surface area contributed by atoms with Gasteiger partial charge in [-0.2, -0.15) is 0 Å². The number of carbonyl (C=O) groups is 2. The third-order valence-corrected chi connectivity index (χ3v) is 3.67. The number of hydrogen-bond acceptors (Lipinski definition) is 4. The van der Waals surface area contributed by atoms with Gasteiger partial charge in [0.2, 0.25) is 11.8 Å². The Morgan fingerprint density at radius 1 is 1.56 bits per heavy atom. The van der Waals surface area contributed by atoms with E-state index in [4.69, 9.17) is 11.6 Å². The van der Waals surface area contributed by atoms with Gasteiger partial charge < -0.3 is 5.32 Å². The van der Waals surface area contributed by atoms with Crippen LogP contribution in [0.3, 0.4) is 0 Å². The largest absolute Gasteiger partial charge is 0.301 e. The first-order valence-corrected chi connectivity index (χ1v) is 6.21. The maximum absolute atomic E-state index is 11.4. The van der Waals surface area contributed by atoms with E-state index in [0.29, 0.717) is 24.4 Å². The monoisotopic (exact) mass is 258 g/mol. The van der Waals surface area contributed by atoms with Gasteiger partial charge in [-0.1, -0.05) is 11.6 Å². The Balaban J connectivity index is 1.86. The Morgan fingerprint density at radius 3 is 3.00 bits per heavy atom. The molecule has 0 saturated carbocycles. The number of halogens is 1. The van der Waals surface area contributed by atoms with Gasteiger partial charge in [0.05, 0.1) is 11.1 Å².